The molecule has 1 aromatic rings. The molecule has 1 heterocycles. The third-order valence-corrected chi connectivity index (χ3v) is 6.16. The van der Waals surface area contributed by atoms with Gasteiger partial charge in [0.25, 0.3) is 5.91 Å². The fourth-order valence-electron chi connectivity index (χ4n) is 2.75. The highest BCUT2D eigenvalue weighted by Crippen LogP contribution is 2.17. The summed E-state index contributed by atoms with van der Waals surface area (Å²) in [7, 11) is -3.55. The molecule has 1 aliphatic heterocycles. The van der Waals surface area contributed by atoms with Crippen LogP contribution < -0.4 is 10.6 Å². The summed E-state index contributed by atoms with van der Waals surface area (Å²) >= 11 is 0. The lowest BCUT2D eigenvalue weighted by atomic mass is 10.1. The summed E-state index contributed by atoms with van der Waals surface area (Å²) in [6, 6.07) is 6.41. The van der Waals surface area contributed by atoms with Crippen LogP contribution in [0.1, 0.15) is 37.0 Å². The van der Waals surface area contributed by atoms with E-state index in [9.17, 15) is 13.2 Å². The van der Waals surface area contributed by atoms with E-state index in [0.717, 1.165) is 25.9 Å². The molecule has 1 aromatic carbocycles. The van der Waals surface area contributed by atoms with Crippen molar-refractivity contribution in [3.63, 3.8) is 0 Å². The molecule has 0 unspecified atom stereocenters. The summed E-state index contributed by atoms with van der Waals surface area (Å²) in [5.74, 6) is -0.214. The Bertz CT molecular complexity index is 642. The Hall–Kier alpha value is -1.15. The molecule has 136 valence electrons. The van der Waals surface area contributed by atoms with Crippen molar-refractivity contribution in [2.45, 2.75) is 37.6 Å². The van der Waals surface area contributed by atoms with Gasteiger partial charge in [-0.3, -0.25) is 4.79 Å². The van der Waals surface area contributed by atoms with Crippen molar-refractivity contribution in [3.05, 3.63) is 29.8 Å². The molecule has 1 aliphatic rings. The second-order valence-corrected chi connectivity index (χ2v) is 7.55. The normalized spacial score (nSPS) is 15.8. The molecule has 0 spiro atoms. The molecule has 0 bridgehead atoms. The van der Waals surface area contributed by atoms with Crippen LogP contribution in [0.3, 0.4) is 0 Å². The van der Waals surface area contributed by atoms with Crippen molar-refractivity contribution in [2.75, 3.05) is 26.2 Å². The molecule has 0 radical (unpaired) electrons. The number of halogens is 1. The minimum Gasteiger partial charge on any atom is -0.349 e. The van der Waals surface area contributed by atoms with Crippen molar-refractivity contribution in [3.8, 4) is 0 Å². The molecule has 1 fully saturated rings. The van der Waals surface area contributed by atoms with Gasteiger partial charge in [-0.25, -0.2) is 8.42 Å². The average Bonchev–Trinajstić information content (AvgIpc) is 2.57. The second-order valence-electron chi connectivity index (χ2n) is 5.61. The highest BCUT2D eigenvalue weighted by atomic mass is 35.5. The minimum absolute atomic E-state index is 0. The lowest BCUT2D eigenvalue weighted by molar-refractivity contribution is 0.0929. The number of carbonyl (C=O) groups excluding carboxylic acids is 1. The van der Waals surface area contributed by atoms with Crippen LogP contribution in [0, 0.1) is 0 Å². The number of rotatable bonds is 6. The molecular formula is C16H26ClN3O3S. The van der Waals surface area contributed by atoms with E-state index in [1.165, 1.54) is 16.4 Å². The van der Waals surface area contributed by atoms with Crippen LogP contribution in [0.4, 0.5) is 0 Å². The van der Waals surface area contributed by atoms with Gasteiger partial charge < -0.3 is 10.6 Å². The van der Waals surface area contributed by atoms with Gasteiger partial charge in [0, 0.05) is 24.7 Å². The maximum absolute atomic E-state index is 12.5. The van der Waals surface area contributed by atoms with E-state index < -0.39 is 10.0 Å². The number of nitrogens with zero attached hydrogens (tertiary/aromatic N) is 1. The standard InChI is InChI=1S/C16H25N3O3S.ClH/c1-3-19(4-2)23(21,22)15-7-5-6-13(12-15)16(20)18-14-8-10-17-11-9-14;/h5-7,12,14,17H,3-4,8-11H2,1-2H3,(H,18,20);1H. The second kappa shape index (κ2) is 9.36. The van der Waals surface area contributed by atoms with Gasteiger partial charge in [0.2, 0.25) is 10.0 Å². The van der Waals surface area contributed by atoms with E-state index in [-0.39, 0.29) is 29.3 Å². The molecular weight excluding hydrogens is 350 g/mol. The summed E-state index contributed by atoms with van der Waals surface area (Å²) in [5, 5.41) is 6.23. The predicted octanol–water partition coefficient (Wildman–Crippen LogP) is 1.62. The van der Waals surface area contributed by atoms with Crippen LogP contribution in [0.15, 0.2) is 29.2 Å². The number of hydrogen-bond acceptors (Lipinski definition) is 4. The number of piperidine rings is 1. The van der Waals surface area contributed by atoms with Gasteiger partial charge in [-0.2, -0.15) is 4.31 Å². The Balaban J connectivity index is 0.00000288. The van der Waals surface area contributed by atoms with Crippen LogP contribution in [-0.2, 0) is 10.0 Å². The first kappa shape index (κ1) is 20.9. The summed E-state index contributed by atoms with van der Waals surface area (Å²) < 4.78 is 26.5. The first-order valence-electron chi connectivity index (χ1n) is 8.10. The van der Waals surface area contributed by atoms with Gasteiger partial charge >= 0.3 is 0 Å². The number of amides is 1. The quantitative estimate of drug-likeness (QED) is 0.792. The van der Waals surface area contributed by atoms with Crippen LogP contribution in [0.25, 0.3) is 0 Å². The van der Waals surface area contributed by atoms with Gasteiger partial charge in [-0.15, -0.1) is 12.4 Å². The van der Waals surface area contributed by atoms with Gasteiger partial charge in [0.05, 0.1) is 4.90 Å². The Morgan fingerprint density at radius 1 is 1.25 bits per heavy atom. The number of nitrogens with one attached hydrogen (secondary N) is 2. The molecule has 24 heavy (non-hydrogen) atoms. The first-order chi connectivity index (χ1) is 11.0. The highest BCUT2D eigenvalue weighted by Gasteiger charge is 2.23. The van der Waals surface area contributed by atoms with E-state index in [0.29, 0.717) is 18.7 Å². The zero-order valence-corrected chi connectivity index (χ0v) is 15.8. The average molecular weight is 376 g/mol. The van der Waals surface area contributed by atoms with Crippen molar-refractivity contribution in [2.24, 2.45) is 0 Å². The monoisotopic (exact) mass is 375 g/mol. The van der Waals surface area contributed by atoms with E-state index in [4.69, 9.17) is 0 Å². The molecule has 0 saturated carbocycles. The Kier molecular flexibility index (Phi) is 8.15. The molecule has 2 rings (SSSR count). The lowest BCUT2D eigenvalue weighted by Crippen LogP contribution is -2.42. The Morgan fingerprint density at radius 3 is 2.46 bits per heavy atom. The van der Waals surface area contributed by atoms with Crippen LogP contribution >= 0.6 is 12.4 Å². The lowest BCUT2D eigenvalue weighted by Gasteiger charge is -2.24. The van der Waals surface area contributed by atoms with E-state index in [2.05, 4.69) is 10.6 Å². The van der Waals surface area contributed by atoms with Crippen molar-refractivity contribution >= 4 is 28.3 Å². The van der Waals surface area contributed by atoms with E-state index >= 15 is 0 Å². The van der Waals surface area contributed by atoms with E-state index in [1.54, 1.807) is 26.0 Å². The molecule has 0 aromatic heterocycles. The SMILES string of the molecule is CCN(CC)S(=O)(=O)c1cccc(C(=O)NC2CCNCC2)c1.Cl. The maximum Gasteiger partial charge on any atom is 0.251 e. The number of hydrogen-bond donors (Lipinski definition) is 2. The zero-order valence-electron chi connectivity index (χ0n) is 14.1. The maximum atomic E-state index is 12.5. The summed E-state index contributed by atoms with van der Waals surface area (Å²) in [6.07, 6.45) is 1.78. The summed E-state index contributed by atoms with van der Waals surface area (Å²) in [4.78, 5) is 12.5. The molecule has 0 atom stereocenters. The topological polar surface area (TPSA) is 78.5 Å². The van der Waals surface area contributed by atoms with Gasteiger partial charge in [0.1, 0.15) is 0 Å². The Morgan fingerprint density at radius 2 is 1.88 bits per heavy atom. The van der Waals surface area contributed by atoms with Crippen molar-refractivity contribution in [1.29, 1.82) is 0 Å². The molecule has 6 nitrogen and oxygen atoms in total. The fraction of sp³-hybridized carbons (Fsp3) is 0.562. The largest absolute Gasteiger partial charge is 0.349 e. The van der Waals surface area contributed by atoms with Gasteiger partial charge in [-0.1, -0.05) is 19.9 Å². The highest BCUT2D eigenvalue weighted by molar-refractivity contribution is 7.89. The van der Waals surface area contributed by atoms with Crippen LogP contribution in [0.5, 0.6) is 0 Å². The molecule has 1 amide bonds. The zero-order chi connectivity index (χ0) is 16.9. The summed E-state index contributed by atoms with van der Waals surface area (Å²) in [6.45, 7) is 6.20. The number of benzene rings is 1. The van der Waals surface area contributed by atoms with Gasteiger partial charge in [-0.05, 0) is 44.1 Å². The smallest absolute Gasteiger partial charge is 0.251 e. The Labute approximate surface area is 150 Å². The fourth-order valence-corrected chi connectivity index (χ4v) is 4.25. The van der Waals surface area contributed by atoms with Crippen LogP contribution in [0.2, 0.25) is 0 Å². The predicted molar refractivity (Wildman–Crippen MR) is 97.2 cm³/mol. The van der Waals surface area contributed by atoms with Crippen LogP contribution in [-0.4, -0.2) is 50.9 Å². The molecule has 8 heteroatoms. The van der Waals surface area contributed by atoms with Crippen molar-refractivity contribution in [1.82, 2.24) is 14.9 Å². The molecule has 0 aliphatic carbocycles. The molecule has 1 saturated heterocycles. The van der Waals surface area contributed by atoms with E-state index in [1.807, 2.05) is 0 Å². The number of carbonyl (C=O) groups is 1. The first-order valence-corrected chi connectivity index (χ1v) is 9.54. The number of sulfonamides is 1. The summed E-state index contributed by atoms with van der Waals surface area (Å²) in [5.41, 5.74) is 0.386. The third-order valence-electron chi connectivity index (χ3n) is 4.11. The van der Waals surface area contributed by atoms with Crippen molar-refractivity contribution < 1.29 is 13.2 Å². The van der Waals surface area contributed by atoms with Gasteiger partial charge in [0.15, 0.2) is 0 Å². The molecule has 2 N–H and O–H groups in total. The third kappa shape index (κ3) is 4.92. The minimum atomic E-state index is -3.55.